The summed E-state index contributed by atoms with van der Waals surface area (Å²) in [5, 5.41) is 0. The van der Waals surface area contributed by atoms with Crippen LogP contribution in [-0.4, -0.2) is 36.8 Å². The zero-order valence-corrected chi connectivity index (χ0v) is 16.7. The van der Waals surface area contributed by atoms with E-state index in [1.54, 1.807) is 0 Å². The maximum Gasteiger partial charge on any atom is 0.305 e. The van der Waals surface area contributed by atoms with Crippen LogP contribution in [-0.2, 0) is 16.0 Å². The van der Waals surface area contributed by atoms with Crippen molar-refractivity contribution in [3.8, 4) is 22.6 Å². The van der Waals surface area contributed by atoms with E-state index in [1.165, 1.54) is 7.11 Å². The van der Waals surface area contributed by atoms with Crippen LogP contribution in [0.5, 0.6) is 11.5 Å². The van der Waals surface area contributed by atoms with Gasteiger partial charge in [-0.3, -0.25) is 9.59 Å². The van der Waals surface area contributed by atoms with Crippen molar-refractivity contribution in [3.05, 3.63) is 35.2 Å². The summed E-state index contributed by atoms with van der Waals surface area (Å²) >= 11 is 0. The molecule has 0 radical (unpaired) electrons. The molecule has 0 saturated carbocycles. The van der Waals surface area contributed by atoms with E-state index in [0.29, 0.717) is 36.7 Å². The molecule has 0 bridgehead atoms. The van der Waals surface area contributed by atoms with Crippen molar-refractivity contribution in [3.63, 3.8) is 0 Å². The van der Waals surface area contributed by atoms with Gasteiger partial charge in [0.2, 0.25) is 0 Å². The van der Waals surface area contributed by atoms with E-state index in [4.69, 9.17) is 19.9 Å². The summed E-state index contributed by atoms with van der Waals surface area (Å²) in [6.45, 7) is 6.93. The standard InChI is InChI=1S/C21H26N2O5/c1-12(2)23-13(3)19(21(22)25)20(15(23)6-8-18(24)26-4)14-5-7-16-17(11-14)28-10-9-27-16/h5,7,11-12H,6,8-10H2,1-4H3,(H2,22,25). The molecule has 2 aromatic rings. The van der Waals surface area contributed by atoms with Gasteiger partial charge >= 0.3 is 5.97 Å². The lowest BCUT2D eigenvalue weighted by molar-refractivity contribution is -0.140. The number of methoxy groups -OCH3 is 1. The minimum absolute atomic E-state index is 0.0942. The number of fused-ring (bicyclic) bond motifs is 1. The predicted octanol–water partition coefficient (Wildman–Crippen LogP) is 3.02. The van der Waals surface area contributed by atoms with E-state index in [1.807, 2.05) is 39.0 Å². The van der Waals surface area contributed by atoms with E-state index in [0.717, 1.165) is 22.5 Å². The van der Waals surface area contributed by atoms with Gasteiger partial charge in [-0.15, -0.1) is 0 Å². The number of esters is 1. The Morgan fingerprint density at radius 1 is 1.21 bits per heavy atom. The second kappa shape index (κ2) is 7.96. The lowest BCUT2D eigenvalue weighted by Crippen LogP contribution is -2.15. The summed E-state index contributed by atoms with van der Waals surface area (Å²) < 4.78 is 18.2. The van der Waals surface area contributed by atoms with E-state index in [9.17, 15) is 9.59 Å². The van der Waals surface area contributed by atoms with Crippen molar-refractivity contribution in [2.24, 2.45) is 5.73 Å². The number of primary amides is 1. The summed E-state index contributed by atoms with van der Waals surface area (Å²) in [6.07, 6.45) is 0.644. The molecule has 1 aliphatic heterocycles. The predicted molar refractivity (Wildman–Crippen MR) is 105 cm³/mol. The Bertz CT molecular complexity index is 914. The highest BCUT2D eigenvalue weighted by atomic mass is 16.6. The first kappa shape index (κ1) is 19.8. The highest BCUT2D eigenvalue weighted by Crippen LogP contribution is 2.40. The first-order chi connectivity index (χ1) is 13.3. The Morgan fingerprint density at radius 3 is 2.50 bits per heavy atom. The topological polar surface area (TPSA) is 92.8 Å². The number of aromatic nitrogens is 1. The van der Waals surface area contributed by atoms with Gasteiger partial charge in [0.25, 0.3) is 5.91 Å². The molecule has 1 aromatic heterocycles. The number of hydrogen-bond acceptors (Lipinski definition) is 5. The van der Waals surface area contributed by atoms with Gasteiger partial charge < -0.3 is 24.5 Å². The molecule has 7 heteroatoms. The van der Waals surface area contributed by atoms with Crippen molar-refractivity contribution in [1.29, 1.82) is 0 Å². The van der Waals surface area contributed by atoms with Crippen molar-refractivity contribution in [1.82, 2.24) is 4.57 Å². The molecule has 2 heterocycles. The quantitative estimate of drug-likeness (QED) is 0.771. The van der Waals surface area contributed by atoms with Crippen molar-refractivity contribution >= 4 is 11.9 Å². The fourth-order valence-electron chi connectivity index (χ4n) is 3.85. The third-order valence-electron chi connectivity index (χ3n) is 4.94. The molecule has 0 fully saturated rings. The number of nitrogens with two attached hydrogens (primary N) is 1. The fourth-order valence-corrected chi connectivity index (χ4v) is 3.85. The van der Waals surface area contributed by atoms with Gasteiger partial charge in [0, 0.05) is 23.0 Å². The molecule has 150 valence electrons. The van der Waals surface area contributed by atoms with E-state index in [-0.39, 0.29) is 18.4 Å². The Labute approximate surface area is 164 Å². The normalized spacial score (nSPS) is 12.9. The maximum absolute atomic E-state index is 12.3. The number of amides is 1. The van der Waals surface area contributed by atoms with Crippen LogP contribution in [0.25, 0.3) is 11.1 Å². The molecule has 7 nitrogen and oxygen atoms in total. The first-order valence-electron chi connectivity index (χ1n) is 9.35. The second-order valence-electron chi connectivity index (χ2n) is 7.04. The Balaban J connectivity index is 2.21. The molecule has 0 saturated heterocycles. The van der Waals surface area contributed by atoms with Gasteiger partial charge in [0.15, 0.2) is 11.5 Å². The smallest absolute Gasteiger partial charge is 0.305 e. The van der Waals surface area contributed by atoms with Crippen LogP contribution in [0, 0.1) is 6.92 Å². The van der Waals surface area contributed by atoms with E-state index >= 15 is 0 Å². The summed E-state index contributed by atoms with van der Waals surface area (Å²) in [6, 6.07) is 5.68. The maximum atomic E-state index is 12.3. The largest absolute Gasteiger partial charge is 0.486 e. The van der Waals surface area contributed by atoms with Gasteiger partial charge in [-0.2, -0.15) is 0 Å². The van der Waals surface area contributed by atoms with Crippen molar-refractivity contribution < 1.29 is 23.8 Å². The number of ether oxygens (including phenoxy) is 3. The Kier molecular flexibility index (Phi) is 5.63. The molecular weight excluding hydrogens is 360 g/mol. The third kappa shape index (κ3) is 3.56. The Hall–Kier alpha value is -2.96. The summed E-state index contributed by atoms with van der Waals surface area (Å²) in [5.41, 5.74) is 9.42. The fraction of sp³-hybridized carbons (Fsp3) is 0.429. The first-order valence-corrected chi connectivity index (χ1v) is 9.35. The van der Waals surface area contributed by atoms with Crippen LogP contribution in [0.1, 0.15) is 48.1 Å². The molecular formula is C21H26N2O5. The van der Waals surface area contributed by atoms with E-state index in [2.05, 4.69) is 4.57 Å². The molecule has 1 amide bonds. The molecule has 3 rings (SSSR count). The van der Waals surface area contributed by atoms with Crippen LogP contribution in [0.4, 0.5) is 0 Å². The number of benzene rings is 1. The van der Waals surface area contributed by atoms with Gasteiger partial charge in [-0.25, -0.2) is 0 Å². The third-order valence-corrected chi connectivity index (χ3v) is 4.94. The number of nitrogens with zero attached hydrogens (tertiary/aromatic N) is 1. The minimum atomic E-state index is -0.499. The van der Waals surface area contributed by atoms with Crippen LogP contribution in [0.15, 0.2) is 18.2 Å². The molecule has 2 N–H and O–H groups in total. The average Bonchev–Trinajstić information content (AvgIpc) is 2.98. The monoisotopic (exact) mass is 386 g/mol. The SMILES string of the molecule is COC(=O)CCc1c(-c2ccc3c(c2)OCCO3)c(C(N)=O)c(C)n1C(C)C. The number of hydrogen-bond donors (Lipinski definition) is 1. The van der Waals surface area contributed by atoms with E-state index < -0.39 is 5.91 Å². The molecule has 28 heavy (non-hydrogen) atoms. The molecule has 1 aliphatic rings. The lowest BCUT2D eigenvalue weighted by Gasteiger charge is -2.20. The van der Waals surface area contributed by atoms with Crippen LogP contribution in [0.3, 0.4) is 0 Å². The van der Waals surface area contributed by atoms with Crippen LogP contribution in [0.2, 0.25) is 0 Å². The highest BCUT2D eigenvalue weighted by Gasteiger charge is 2.27. The molecule has 0 atom stereocenters. The van der Waals surface area contributed by atoms with Crippen LogP contribution < -0.4 is 15.2 Å². The average molecular weight is 386 g/mol. The lowest BCUT2D eigenvalue weighted by atomic mass is 9.97. The molecule has 0 spiro atoms. The zero-order chi connectivity index (χ0) is 20.4. The zero-order valence-electron chi connectivity index (χ0n) is 16.7. The number of rotatable bonds is 6. The highest BCUT2D eigenvalue weighted by molar-refractivity contribution is 6.02. The Morgan fingerprint density at radius 2 is 1.89 bits per heavy atom. The van der Waals surface area contributed by atoms with Gasteiger partial charge in [0.1, 0.15) is 13.2 Å². The summed E-state index contributed by atoms with van der Waals surface area (Å²) in [7, 11) is 1.37. The number of carbonyl (C=O) groups excluding carboxylic acids is 2. The van der Waals surface area contributed by atoms with Crippen molar-refractivity contribution in [2.75, 3.05) is 20.3 Å². The molecule has 1 aromatic carbocycles. The van der Waals surface area contributed by atoms with Gasteiger partial charge in [-0.1, -0.05) is 6.07 Å². The second-order valence-corrected chi connectivity index (χ2v) is 7.04. The summed E-state index contributed by atoms with van der Waals surface area (Å²) in [5.74, 6) is 0.504. The molecule has 0 aliphatic carbocycles. The number of carbonyl (C=O) groups is 2. The minimum Gasteiger partial charge on any atom is -0.486 e. The van der Waals surface area contributed by atoms with Gasteiger partial charge in [-0.05, 0) is 44.9 Å². The van der Waals surface area contributed by atoms with Gasteiger partial charge in [0.05, 0.1) is 19.1 Å². The summed E-state index contributed by atoms with van der Waals surface area (Å²) in [4.78, 5) is 24.1. The molecule has 0 unspecified atom stereocenters. The van der Waals surface area contributed by atoms with Crippen molar-refractivity contribution in [2.45, 2.75) is 39.7 Å². The van der Waals surface area contributed by atoms with Crippen LogP contribution >= 0.6 is 0 Å².